The van der Waals surface area contributed by atoms with Gasteiger partial charge in [-0.05, 0) is 106 Å². The number of hydrogen-bond donors (Lipinski definition) is 0. The summed E-state index contributed by atoms with van der Waals surface area (Å²) in [6, 6.07) is 46.4. The van der Waals surface area contributed by atoms with E-state index in [0.717, 1.165) is 24.0 Å². The van der Waals surface area contributed by atoms with Crippen LogP contribution in [0.15, 0.2) is 165 Å². The molecule has 7 aromatic rings. The van der Waals surface area contributed by atoms with Gasteiger partial charge in [-0.1, -0.05) is 177 Å². The minimum Gasteiger partial charge on any atom is -0.0984 e. The van der Waals surface area contributed by atoms with Crippen LogP contribution in [-0.2, 0) is 6.42 Å². The Labute approximate surface area is 282 Å². The van der Waals surface area contributed by atoms with E-state index in [0.29, 0.717) is 0 Å². The topological polar surface area (TPSA) is 0 Å². The van der Waals surface area contributed by atoms with E-state index < -0.39 is 0 Å². The Morgan fingerprint density at radius 2 is 1.27 bits per heavy atom. The summed E-state index contributed by atoms with van der Waals surface area (Å²) in [5, 5.41) is 9.96. The first kappa shape index (κ1) is 29.4. The minimum absolute atomic E-state index is 0.866. The Morgan fingerprint density at radius 1 is 0.562 bits per heavy atom. The van der Waals surface area contributed by atoms with Crippen molar-refractivity contribution >= 4 is 56.1 Å². The van der Waals surface area contributed by atoms with Crippen molar-refractivity contribution in [3.05, 3.63) is 192 Å². The quantitative estimate of drug-likeness (QED) is 0.175. The van der Waals surface area contributed by atoms with Crippen molar-refractivity contribution < 1.29 is 0 Å². The molecule has 1 aliphatic rings. The average molecular weight is 613 g/mol. The normalized spacial score (nSPS) is 14.2. The molecule has 0 heteroatoms. The molecule has 0 radical (unpaired) electrons. The summed E-state index contributed by atoms with van der Waals surface area (Å²) in [5.41, 5.74) is 9.67. The van der Waals surface area contributed by atoms with Gasteiger partial charge in [0.05, 0.1) is 0 Å². The Hall–Kier alpha value is -5.98. The highest BCUT2D eigenvalue weighted by atomic mass is 14.2. The highest BCUT2D eigenvalue weighted by Gasteiger charge is 2.20. The zero-order valence-corrected chi connectivity index (χ0v) is 27.0. The monoisotopic (exact) mass is 612 g/mol. The van der Waals surface area contributed by atoms with Gasteiger partial charge in [-0.25, -0.2) is 0 Å². The van der Waals surface area contributed by atoms with E-state index in [-0.39, 0.29) is 0 Å². The summed E-state index contributed by atoms with van der Waals surface area (Å²) in [6.07, 6.45) is 16.9. The molecule has 0 saturated heterocycles. The maximum absolute atomic E-state index is 4.34. The second-order valence-electron chi connectivity index (χ2n) is 12.5. The molecule has 0 N–H and O–H groups in total. The summed E-state index contributed by atoms with van der Waals surface area (Å²) in [6.45, 7) is 8.67. The van der Waals surface area contributed by atoms with Gasteiger partial charge in [0, 0.05) is 0 Å². The van der Waals surface area contributed by atoms with Crippen molar-refractivity contribution in [1.82, 2.24) is 0 Å². The molecular weight excluding hydrogens is 577 g/mol. The fourth-order valence-electron chi connectivity index (χ4n) is 7.43. The molecular formula is C48H36. The van der Waals surface area contributed by atoms with Crippen LogP contribution in [0.25, 0.3) is 78.4 Å². The maximum atomic E-state index is 4.34. The van der Waals surface area contributed by atoms with Gasteiger partial charge in [0.1, 0.15) is 0 Å². The Balaban J connectivity index is 1.28. The third kappa shape index (κ3) is 5.22. The molecule has 8 rings (SSSR count). The van der Waals surface area contributed by atoms with Crippen LogP contribution in [0.4, 0.5) is 0 Å². The third-order valence-corrected chi connectivity index (χ3v) is 9.70. The Morgan fingerprint density at radius 3 is 2.08 bits per heavy atom. The van der Waals surface area contributed by atoms with Gasteiger partial charge >= 0.3 is 0 Å². The number of hydrogen-bond acceptors (Lipinski definition) is 0. The maximum Gasteiger partial charge on any atom is -0.00204 e. The van der Waals surface area contributed by atoms with Crippen LogP contribution >= 0.6 is 0 Å². The highest BCUT2D eigenvalue weighted by Crippen LogP contribution is 2.45. The first-order chi connectivity index (χ1) is 23.7. The third-order valence-electron chi connectivity index (χ3n) is 9.70. The molecule has 48 heavy (non-hydrogen) atoms. The van der Waals surface area contributed by atoms with Crippen LogP contribution in [-0.4, -0.2) is 0 Å². The molecule has 0 aromatic heterocycles. The van der Waals surface area contributed by atoms with Crippen molar-refractivity contribution in [2.24, 2.45) is 0 Å². The molecule has 228 valence electrons. The standard InChI is InChI=1S/C48H36/c1-3-40-41(4-2)48(44-24-14-19-36-17-9-11-21-43(36)44)46-23-13-12-22-45(46)47(40)38-30-29-34-27-25-33(31-39(34)32-38)26-28-37-18-8-10-20-42(37)35-15-6-5-7-16-35/h3-15,17-25,27-32H,1-2,16,26H2. The van der Waals surface area contributed by atoms with E-state index in [1.165, 1.54) is 76.1 Å². The smallest absolute Gasteiger partial charge is 0.00204 e. The molecule has 0 atom stereocenters. The summed E-state index contributed by atoms with van der Waals surface area (Å²) >= 11 is 0. The number of rotatable bonds is 6. The van der Waals surface area contributed by atoms with Crippen molar-refractivity contribution in [1.29, 1.82) is 0 Å². The lowest BCUT2D eigenvalue weighted by atomic mass is 9.82. The van der Waals surface area contributed by atoms with Gasteiger partial charge in [0.2, 0.25) is 0 Å². The van der Waals surface area contributed by atoms with E-state index in [4.69, 9.17) is 0 Å². The van der Waals surface area contributed by atoms with Crippen molar-refractivity contribution in [2.75, 3.05) is 0 Å². The molecule has 0 saturated carbocycles. The van der Waals surface area contributed by atoms with Crippen molar-refractivity contribution in [3.63, 3.8) is 0 Å². The van der Waals surface area contributed by atoms with Crippen molar-refractivity contribution in [3.8, 4) is 22.3 Å². The largest absolute Gasteiger partial charge is 0.0984 e. The van der Waals surface area contributed by atoms with Gasteiger partial charge < -0.3 is 0 Å². The van der Waals surface area contributed by atoms with E-state index in [1.54, 1.807) is 0 Å². The lowest BCUT2D eigenvalue weighted by Crippen LogP contribution is -2.26. The first-order valence-electron chi connectivity index (χ1n) is 16.7. The Kier molecular flexibility index (Phi) is 7.76. The molecule has 1 aliphatic carbocycles. The van der Waals surface area contributed by atoms with Gasteiger partial charge in [0.25, 0.3) is 0 Å². The highest BCUT2D eigenvalue weighted by molar-refractivity contribution is 6.15. The molecule has 0 amide bonds. The van der Waals surface area contributed by atoms with Gasteiger partial charge in [-0.2, -0.15) is 0 Å². The Bertz CT molecular complexity index is 2580. The number of allylic oxidation sites excluding steroid dienone is 4. The molecule has 0 nitrogen and oxygen atoms in total. The van der Waals surface area contributed by atoms with Crippen molar-refractivity contribution in [2.45, 2.75) is 12.8 Å². The first-order valence-corrected chi connectivity index (χ1v) is 16.7. The van der Waals surface area contributed by atoms with E-state index in [1.807, 2.05) is 12.2 Å². The fourth-order valence-corrected chi connectivity index (χ4v) is 7.43. The molecule has 0 spiro atoms. The predicted octanol–water partition coefficient (Wildman–Crippen LogP) is 11.5. The van der Waals surface area contributed by atoms with Crippen LogP contribution in [0.3, 0.4) is 0 Å². The van der Waals surface area contributed by atoms with Crippen LogP contribution < -0.4 is 10.4 Å². The number of benzene rings is 7. The summed E-state index contributed by atoms with van der Waals surface area (Å²) in [7, 11) is 0. The van der Waals surface area contributed by atoms with Crippen LogP contribution in [0.1, 0.15) is 23.1 Å². The molecule has 0 heterocycles. The summed E-state index contributed by atoms with van der Waals surface area (Å²) in [4.78, 5) is 0. The van der Waals surface area contributed by atoms with E-state index >= 15 is 0 Å². The van der Waals surface area contributed by atoms with Gasteiger partial charge in [-0.15, -0.1) is 0 Å². The van der Waals surface area contributed by atoms with Crippen LogP contribution in [0.2, 0.25) is 0 Å². The van der Waals surface area contributed by atoms with E-state index in [9.17, 15) is 0 Å². The van der Waals surface area contributed by atoms with E-state index in [2.05, 4.69) is 171 Å². The zero-order valence-electron chi connectivity index (χ0n) is 27.0. The minimum atomic E-state index is 0.866. The summed E-state index contributed by atoms with van der Waals surface area (Å²) in [5.74, 6) is 0. The van der Waals surface area contributed by atoms with Crippen LogP contribution in [0.5, 0.6) is 0 Å². The second kappa shape index (κ2) is 12.7. The molecule has 0 bridgehead atoms. The second-order valence-corrected chi connectivity index (χ2v) is 12.5. The summed E-state index contributed by atoms with van der Waals surface area (Å²) < 4.78 is 0. The number of fused-ring (bicyclic) bond motifs is 3. The molecule has 0 unspecified atom stereocenters. The zero-order chi connectivity index (χ0) is 32.5. The lowest BCUT2D eigenvalue weighted by molar-refractivity contribution is 1.31. The van der Waals surface area contributed by atoms with Gasteiger partial charge in [0.15, 0.2) is 0 Å². The van der Waals surface area contributed by atoms with Crippen LogP contribution in [0, 0.1) is 0 Å². The molecule has 7 aromatic carbocycles. The van der Waals surface area contributed by atoms with Gasteiger partial charge in [-0.3, -0.25) is 0 Å². The molecule has 0 aliphatic heterocycles. The SMILES string of the molecule is C=Cc1c(C=C)c(-c2cccc3ccccc23)c2ccccc2c1-c1ccc2ccc(CC=c3ccccc3=C3C=CC=CC3)cc2c1. The molecule has 0 fully saturated rings. The lowest BCUT2D eigenvalue weighted by Gasteiger charge is -2.21. The fraction of sp³-hybridized carbons (Fsp3) is 0.0417. The predicted molar refractivity (Wildman–Crippen MR) is 210 cm³/mol. The average Bonchev–Trinajstić information content (AvgIpc) is 3.16.